The molecule has 1 aromatic rings. The van der Waals surface area contributed by atoms with Gasteiger partial charge in [-0.15, -0.1) is 11.8 Å². The Morgan fingerprint density at radius 2 is 2.07 bits per heavy atom. The van der Waals surface area contributed by atoms with Crippen LogP contribution in [0.5, 0.6) is 0 Å². The van der Waals surface area contributed by atoms with Crippen molar-refractivity contribution in [2.45, 2.75) is 9.01 Å². The minimum atomic E-state index is -0.794. The maximum atomic E-state index is 11.5. The van der Waals surface area contributed by atoms with Crippen LogP contribution in [0.2, 0.25) is 0 Å². The van der Waals surface area contributed by atoms with Crippen molar-refractivity contribution < 1.29 is 9.90 Å². The minimum Gasteiger partial charge on any atom is -0.371 e. The van der Waals surface area contributed by atoms with Gasteiger partial charge in [-0.1, -0.05) is 5.92 Å². The number of ketones is 1. The number of aliphatic hydroxyl groups is 1. The second kappa shape index (κ2) is 6.16. The number of hydrogen-bond donors (Lipinski definition) is 1. The van der Waals surface area contributed by atoms with E-state index in [1.807, 2.05) is 18.4 Å². The highest BCUT2D eigenvalue weighted by Crippen LogP contribution is 2.14. The van der Waals surface area contributed by atoms with Crippen LogP contribution in [0.3, 0.4) is 0 Å². The number of rotatable bonds is 2. The molecule has 0 spiro atoms. The molecule has 1 aromatic carbocycles. The van der Waals surface area contributed by atoms with Crippen molar-refractivity contribution in [3.05, 3.63) is 29.8 Å². The number of aliphatic hydroxyl groups excluding tert-OH is 1. The van der Waals surface area contributed by atoms with Gasteiger partial charge in [-0.25, -0.2) is 0 Å². The zero-order valence-corrected chi connectivity index (χ0v) is 11.0. The van der Waals surface area contributed by atoms with Crippen LogP contribution in [0, 0.1) is 11.8 Å². The molecule has 0 saturated carbocycles. The number of carbonyl (C=O) groups is 1. The van der Waals surface area contributed by atoms with Crippen LogP contribution in [-0.2, 0) is 0 Å². The lowest BCUT2D eigenvalue weighted by atomic mass is 10.1. The number of Topliss-reactive ketones (excluding diaryl/α,β-unsaturated/α-hetero) is 1. The third-order valence-electron chi connectivity index (χ3n) is 1.66. The molecule has 0 radical (unpaired) electrons. The van der Waals surface area contributed by atoms with Crippen molar-refractivity contribution in [2.24, 2.45) is 0 Å². The summed E-state index contributed by atoms with van der Waals surface area (Å²) in [5, 5.41) is 8.89. The molecule has 2 nitrogen and oxygen atoms in total. The summed E-state index contributed by atoms with van der Waals surface area (Å²) in [6, 6.07) is 7.23. The molecule has 1 atom stereocenters. The topological polar surface area (TPSA) is 37.3 Å². The number of hydrogen-bond acceptors (Lipinski definition) is 3. The third-order valence-corrected chi connectivity index (χ3v) is 2.71. The first kappa shape index (κ1) is 12.6. The zero-order valence-electron chi connectivity index (χ0n) is 8.03. The summed E-state index contributed by atoms with van der Waals surface area (Å²) in [6.45, 7) is 0. The fourth-order valence-electron chi connectivity index (χ4n) is 0.940. The molecule has 0 saturated heterocycles. The summed E-state index contributed by atoms with van der Waals surface area (Å²) in [4.78, 5) is 12.6. The average Bonchev–Trinajstić information content (AvgIpc) is 2.26. The molecule has 78 valence electrons. The molecule has 4 heteroatoms. The SMILES string of the molecule is CSc1ccc(C(=O)C#CC(O)I)cc1. The molecule has 0 amide bonds. The maximum absolute atomic E-state index is 11.5. The lowest BCUT2D eigenvalue weighted by Gasteiger charge is -1.96. The Balaban J connectivity index is 2.80. The normalized spacial score (nSPS) is 11.4. The molecule has 0 aliphatic carbocycles. The van der Waals surface area contributed by atoms with Gasteiger partial charge in [-0.2, -0.15) is 0 Å². The summed E-state index contributed by atoms with van der Waals surface area (Å²) >= 11 is 3.35. The van der Waals surface area contributed by atoms with E-state index < -0.39 is 4.11 Å². The van der Waals surface area contributed by atoms with Gasteiger partial charge >= 0.3 is 0 Å². The second-order valence-corrected chi connectivity index (χ2v) is 4.72. The zero-order chi connectivity index (χ0) is 11.3. The number of alkyl halides is 1. The molecule has 0 bridgehead atoms. The smallest absolute Gasteiger partial charge is 0.236 e. The summed E-state index contributed by atoms with van der Waals surface area (Å²) in [5.41, 5.74) is 0.553. The van der Waals surface area contributed by atoms with Crippen molar-refractivity contribution in [1.29, 1.82) is 0 Å². The summed E-state index contributed by atoms with van der Waals surface area (Å²) in [5.74, 6) is 4.53. The second-order valence-electron chi connectivity index (χ2n) is 2.66. The third kappa shape index (κ3) is 4.24. The number of halogens is 1. The van der Waals surface area contributed by atoms with Crippen LogP contribution >= 0.6 is 34.4 Å². The Bertz CT molecular complexity index is 401. The highest BCUT2D eigenvalue weighted by Gasteiger charge is 2.01. The predicted octanol–water partition coefficient (Wildman–Crippen LogP) is 2.35. The molecule has 1 N–H and O–H groups in total. The van der Waals surface area contributed by atoms with Gasteiger partial charge in [0.1, 0.15) is 0 Å². The van der Waals surface area contributed by atoms with E-state index in [-0.39, 0.29) is 5.78 Å². The predicted molar refractivity (Wildman–Crippen MR) is 70.4 cm³/mol. The summed E-state index contributed by atoms with van der Waals surface area (Å²) in [7, 11) is 0. The number of benzene rings is 1. The lowest BCUT2D eigenvalue weighted by Crippen LogP contribution is -1.96. The van der Waals surface area contributed by atoms with Gasteiger partial charge in [0.05, 0.1) is 0 Å². The first-order valence-corrected chi connectivity index (χ1v) is 6.62. The van der Waals surface area contributed by atoms with Gasteiger partial charge in [-0.3, -0.25) is 4.79 Å². The molecule has 0 aliphatic rings. The van der Waals surface area contributed by atoms with E-state index in [1.165, 1.54) is 0 Å². The monoisotopic (exact) mass is 332 g/mol. The van der Waals surface area contributed by atoms with Crippen molar-refractivity contribution in [2.75, 3.05) is 6.26 Å². The van der Waals surface area contributed by atoms with E-state index in [4.69, 9.17) is 5.11 Å². The molecule has 0 heterocycles. The van der Waals surface area contributed by atoms with Crippen LogP contribution in [0.1, 0.15) is 10.4 Å². The first-order chi connectivity index (χ1) is 7.13. The van der Waals surface area contributed by atoms with Crippen LogP contribution < -0.4 is 0 Å². The Kier molecular flexibility index (Phi) is 5.15. The van der Waals surface area contributed by atoms with Crippen molar-refractivity contribution in [1.82, 2.24) is 0 Å². The van der Waals surface area contributed by atoms with Gasteiger partial charge in [0.15, 0.2) is 4.11 Å². The first-order valence-electron chi connectivity index (χ1n) is 4.15. The van der Waals surface area contributed by atoms with Crippen molar-refractivity contribution in [3.63, 3.8) is 0 Å². The largest absolute Gasteiger partial charge is 0.371 e. The van der Waals surface area contributed by atoms with E-state index in [2.05, 4.69) is 11.8 Å². The van der Waals surface area contributed by atoms with Crippen LogP contribution in [0.4, 0.5) is 0 Å². The summed E-state index contributed by atoms with van der Waals surface area (Å²) in [6.07, 6.45) is 1.98. The highest BCUT2D eigenvalue weighted by atomic mass is 127. The van der Waals surface area contributed by atoms with Crippen LogP contribution in [0.25, 0.3) is 0 Å². The standard InChI is InChI=1S/C11H9IO2S/c1-15-9-4-2-8(3-5-9)10(13)6-7-11(12)14/h2-5,11,14H,1H3. The molecule has 0 fully saturated rings. The van der Waals surface area contributed by atoms with E-state index in [9.17, 15) is 4.79 Å². The molecule has 0 aromatic heterocycles. The van der Waals surface area contributed by atoms with Crippen molar-refractivity contribution >= 4 is 40.1 Å². The van der Waals surface area contributed by atoms with Gasteiger partial charge in [0.2, 0.25) is 5.78 Å². The van der Waals surface area contributed by atoms with Crippen molar-refractivity contribution in [3.8, 4) is 11.8 Å². The van der Waals surface area contributed by atoms with Gasteiger partial charge in [0.25, 0.3) is 0 Å². The molecular formula is C11H9IO2S. The van der Waals surface area contributed by atoms with Gasteiger partial charge in [0, 0.05) is 10.5 Å². The quantitative estimate of drug-likeness (QED) is 0.226. The highest BCUT2D eigenvalue weighted by molar-refractivity contribution is 14.1. The Morgan fingerprint density at radius 3 is 2.53 bits per heavy atom. The Labute approximate surface area is 107 Å². The number of thioether (sulfide) groups is 1. The number of carbonyl (C=O) groups excluding carboxylic acids is 1. The fourth-order valence-corrected chi connectivity index (χ4v) is 1.50. The fraction of sp³-hybridized carbons (Fsp3) is 0.182. The Morgan fingerprint density at radius 1 is 1.47 bits per heavy atom. The Hall–Kier alpha value is -0.510. The van der Waals surface area contributed by atoms with E-state index in [0.29, 0.717) is 5.56 Å². The van der Waals surface area contributed by atoms with Gasteiger partial charge in [-0.05, 0) is 59.0 Å². The van der Waals surface area contributed by atoms with Crippen LogP contribution in [-0.4, -0.2) is 21.3 Å². The lowest BCUT2D eigenvalue weighted by molar-refractivity contribution is 0.105. The average molecular weight is 332 g/mol. The molecule has 0 aliphatic heterocycles. The minimum absolute atomic E-state index is 0.265. The van der Waals surface area contributed by atoms with E-state index >= 15 is 0 Å². The molecule has 15 heavy (non-hydrogen) atoms. The summed E-state index contributed by atoms with van der Waals surface area (Å²) < 4.78 is -0.794. The molecule has 1 unspecified atom stereocenters. The van der Waals surface area contributed by atoms with Crippen LogP contribution in [0.15, 0.2) is 29.2 Å². The molecule has 1 rings (SSSR count). The molecular weight excluding hydrogens is 323 g/mol. The van der Waals surface area contributed by atoms with E-state index in [1.54, 1.807) is 46.5 Å². The maximum Gasteiger partial charge on any atom is 0.236 e. The van der Waals surface area contributed by atoms with Gasteiger partial charge < -0.3 is 5.11 Å². The van der Waals surface area contributed by atoms with E-state index in [0.717, 1.165) is 4.90 Å².